The van der Waals surface area contributed by atoms with Gasteiger partial charge in [-0.15, -0.1) is 13.2 Å². The third-order valence-corrected chi connectivity index (χ3v) is 4.86. The van der Waals surface area contributed by atoms with Gasteiger partial charge in [-0.05, 0) is 84.6 Å². The lowest BCUT2D eigenvalue weighted by atomic mass is 10.0. The molecule has 3 rings (SSSR count). The Bertz CT molecular complexity index is 1240. The van der Waals surface area contributed by atoms with Gasteiger partial charge >= 0.3 is 18.3 Å². The van der Waals surface area contributed by atoms with Crippen molar-refractivity contribution in [2.24, 2.45) is 0 Å². The summed E-state index contributed by atoms with van der Waals surface area (Å²) in [5, 5.41) is 9.55. The van der Waals surface area contributed by atoms with Gasteiger partial charge in [0.25, 0.3) is 0 Å². The number of hydrogen-bond acceptors (Lipinski definition) is 6. The number of carboxylic acid groups (broad SMARTS) is 1. The van der Waals surface area contributed by atoms with Crippen molar-refractivity contribution in [3.63, 3.8) is 0 Å². The SMILES string of the molecule is Nc1ccc(N)c(CC/C(=C\c2ccc(OC(=O)c3ccc(OC(F)(F)F)cc3)cc2)C(=O)O)c1. The van der Waals surface area contributed by atoms with Gasteiger partial charge in [0, 0.05) is 16.9 Å². The fourth-order valence-electron chi connectivity index (χ4n) is 3.14. The molecule has 3 aromatic carbocycles. The molecule has 35 heavy (non-hydrogen) atoms. The van der Waals surface area contributed by atoms with Crippen LogP contribution >= 0.6 is 0 Å². The first-order valence-corrected chi connectivity index (χ1v) is 10.3. The molecule has 0 bridgehead atoms. The summed E-state index contributed by atoms with van der Waals surface area (Å²) in [4.78, 5) is 23.9. The van der Waals surface area contributed by atoms with Crippen LogP contribution in [0.3, 0.4) is 0 Å². The molecule has 0 saturated heterocycles. The van der Waals surface area contributed by atoms with Crippen LogP contribution in [0.25, 0.3) is 6.08 Å². The van der Waals surface area contributed by atoms with E-state index in [4.69, 9.17) is 16.2 Å². The van der Waals surface area contributed by atoms with Crippen LogP contribution in [0, 0.1) is 0 Å². The van der Waals surface area contributed by atoms with Gasteiger partial charge in [-0.2, -0.15) is 0 Å². The Morgan fingerprint density at radius 1 is 0.914 bits per heavy atom. The zero-order chi connectivity index (χ0) is 25.6. The Hall–Kier alpha value is -4.47. The van der Waals surface area contributed by atoms with E-state index in [-0.39, 0.29) is 23.3 Å². The van der Waals surface area contributed by atoms with E-state index in [1.807, 2.05) is 0 Å². The summed E-state index contributed by atoms with van der Waals surface area (Å²) in [6.07, 6.45) is -2.73. The van der Waals surface area contributed by atoms with E-state index in [1.165, 1.54) is 18.2 Å². The number of aryl methyl sites for hydroxylation is 1. The number of rotatable bonds is 8. The highest BCUT2D eigenvalue weighted by Crippen LogP contribution is 2.24. The first-order chi connectivity index (χ1) is 16.5. The van der Waals surface area contributed by atoms with Crippen molar-refractivity contribution in [2.75, 3.05) is 11.5 Å². The van der Waals surface area contributed by atoms with Gasteiger partial charge in [-0.3, -0.25) is 0 Å². The summed E-state index contributed by atoms with van der Waals surface area (Å²) in [6.45, 7) is 0. The number of carbonyl (C=O) groups excluding carboxylic acids is 1. The first kappa shape index (κ1) is 25.2. The van der Waals surface area contributed by atoms with E-state index in [1.54, 1.807) is 30.3 Å². The van der Waals surface area contributed by atoms with E-state index in [2.05, 4.69) is 4.74 Å². The van der Waals surface area contributed by atoms with Gasteiger partial charge in [-0.25, -0.2) is 9.59 Å². The van der Waals surface area contributed by atoms with Crippen LogP contribution in [-0.2, 0) is 11.2 Å². The molecule has 0 radical (unpaired) electrons. The minimum absolute atomic E-state index is 0.0254. The van der Waals surface area contributed by atoms with E-state index in [0.29, 0.717) is 23.4 Å². The molecule has 10 heteroatoms. The normalized spacial score (nSPS) is 11.7. The predicted octanol–water partition coefficient (Wildman–Crippen LogP) is 5.07. The molecule has 3 aromatic rings. The molecule has 0 aliphatic carbocycles. The zero-order valence-electron chi connectivity index (χ0n) is 18.2. The lowest BCUT2D eigenvalue weighted by Gasteiger charge is -2.09. The third kappa shape index (κ3) is 7.53. The number of esters is 1. The van der Waals surface area contributed by atoms with Crippen molar-refractivity contribution in [1.29, 1.82) is 0 Å². The molecular weight excluding hydrogens is 465 g/mol. The number of carboxylic acids is 1. The number of hydrogen-bond donors (Lipinski definition) is 3. The second-order valence-corrected chi connectivity index (χ2v) is 7.46. The van der Waals surface area contributed by atoms with Crippen molar-refractivity contribution < 1.29 is 37.3 Å². The fourth-order valence-corrected chi connectivity index (χ4v) is 3.14. The first-order valence-electron chi connectivity index (χ1n) is 10.3. The lowest BCUT2D eigenvalue weighted by molar-refractivity contribution is -0.274. The monoisotopic (exact) mass is 486 g/mol. The van der Waals surface area contributed by atoms with Crippen LogP contribution in [0.5, 0.6) is 11.5 Å². The fraction of sp³-hybridized carbons (Fsp3) is 0.120. The Balaban J connectivity index is 1.64. The molecule has 0 heterocycles. The minimum atomic E-state index is -4.83. The van der Waals surface area contributed by atoms with E-state index in [0.717, 1.165) is 29.8 Å². The van der Waals surface area contributed by atoms with Crippen LogP contribution in [0.2, 0.25) is 0 Å². The Morgan fingerprint density at radius 3 is 2.14 bits per heavy atom. The van der Waals surface area contributed by atoms with Gasteiger partial charge in [0.1, 0.15) is 11.5 Å². The molecule has 0 atom stereocenters. The number of carbonyl (C=O) groups is 2. The quantitative estimate of drug-likeness (QED) is 0.176. The number of anilines is 2. The highest BCUT2D eigenvalue weighted by molar-refractivity contribution is 5.92. The number of aliphatic carboxylic acids is 1. The summed E-state index contributed by atoms with van der Waals surface area (Å²) >= 11 is 0. The molecule has 0 aliphatic rings. The average molecular weight is 486 g/mol. The van der Waals surface area contributed by atoms with E-state index >= 15 is 0 Å². The summed E-state index contributed by atoms with van der Waals surface area (Å²) in [7, 11) is 0. The predicted molar refractivity (Wildman–Crippen MR) is 124 cm³/mol. The minimum Gasteiger partial charge on any atom is -0.478 e. The average Bonchev–Trinajstić information content (AvgIpc) is 2.79. The molecule has 182 valence electrons. The summed E-state index contributed by atoms with van der Waals surface area (Å²) in [6, 6.07) is 15.4. The maximum atomic E-state index is 12.2. The highest BCUT2D eigenvalue weighted by Gasteiger charge is 2.31. The van der Waals surface area contributed by atoms with Gasteiger partial charge in [0.2, 0.25) is 0 Å². The van der Waals surface area contributed by atoms with Crippen molar-refractivity contribution in [1.82, 2.24) is 0 Å². The molecule has 0 fully saturated rings. The van der Waals surface area contributed by atoms with Gasteiger partial charge in [-0.1, -0.05) is 12.1 Å². The van der Waals surface area contributed by atoms with Crippen LogP contribution in [0.15, 0.2) is 72.3 Å². The maximum Gasteiger partial charge on any atom is 0.573 e. The Labute approximate surface area is 198 Å². The van der Waals surface area contributed by atoms with Crippen molar-refractivity contribution in [2.45, 2.75) is 19.2 Å². The molecule has 5 N–H and O–H groups in total. The number of nitrogen functional groups attached to an aromatic ring is 2. The molecule has 0 spiro atoms. The number of benzene rings is 3. The van der Waals surface area contributed by atoms with Crippen LogP contribution in [0.4, 0.5) is 24.5 Å². The molecule has 0 saturated carbocycles. The molecule has 0 aromatic heterocycles. The topological polar surface area (TPSA) is 125 Å². The second-order valence-electron chi connectivity index (χ2n) is 7.46. The number of halogens is 3. The van der Waals surface area contributed by atoms with Gasteiger partial charge < -0.3 is 26.0 Å². The van der Waals surface area contributed by atoms with E-state index in [9.17, 15) is 27.9 Å². The summed E-state index contributed by atoms with van der Waals surface area (Å²) < 4.78 is 45.7. The van der Waals surface area contributed by atoms with Gasteiger partial charge in [0.15, 0.2) is 0 Å². The van der Waals surface area contributed by atoms with Gasteiger partial charge in [0.05, 0.1) is 5.56 Å². The molecule has 0 unspecified atom stereocenters. The highest BCUT2D eigenvalue weighted by atomic mass is 19.4. The Kier molecular flexibility index (Phi) is 7.65. The van der Waals surface area contributed by atoms with Crippen molar-refractivity contribution >= 4 is 29.4 Å². The van der Waals surface area contributed by atoms with E-state index < -0.39 is 24.1 Å². The second kappa shape index (κ2) is 10.6. The molecule has 0 aliphatic heterocycles. The smallest absolute Gasteiger partial charge is 0.478 e. The largest absolute Gasteiger partial charge is 0.573 e. The number of ether oxygens (including phenoxy) is 2. The summed E-state index contributed by atoms with van der Waals surface area (Å²) in [5.74, 6) is -2.15. The van der Waals surface area contributed by atoms with Crippen LogP contribution < -0.4 is 20.9 Å². The lowest BCUT2D eigenvalue weighted by Crippen LogP contribution is -2.17. The molecule has 7 nitrogen and oxygen atoms in total. The number of nitrogens with two attached hydrogens (primary N) is 2. The van der Waals surface area contributed by atoms with Crippen molar-refractivity contribution in [3.05, 3.63) is 89.0 Å². The maximum absolute atomic E-state index is 12.2. The molecular formula is C25H21F3N2O5. The molecule has 0 amide bonds. The van der Waals surface area contributed by atoms with Crippen LogP contribution in [0.1, 0.15) is 27.9 Å². The zero-order valence-corrected chi connectivity index (χ0v) is 18.2. The van der Waals surface area contributed by atoms with Crippen molar-refractivity contribution in [3.8, 4) is 11.5 Å². The number of alkyl halides is 3. The van der Waals surface area contributed by atoms with Crippen LogP contribution in [-0.4, -0.2) is 23.4 Å². The standard InChI is InChI=1S/C25H21F3N2O5/c26-25(27,28)35-21-10-5-16(6-11-21)24(33)34-20-8-1-15(2-9-20)13-18(23(31)32)4-3-17-14-19(29)7-12-22(17)30/h1-2,5-14H,3-4,29-30H2,(H,31,32)/b18-13+. The Morgan fingerprint density at radius 2 is 1.54 bits per heavy atom. The summed E-state index contributed by atoms with van der Waals surface area (Å²) in [5.41, 5.74) is 14.2. The third-order valence-electron chi connectivity index (χ3n) is 4.86.